The summed E-state index contributed by atoms with van der Waals surface area (Å²) in [5, 5.41) is 0. The number of hydrogen-bond acceptors (Lipinski definition) is 3. The third kappa shape index (κ3) is 2.85. The van der Waals surface area contributed by atoms with Crippen LogP contribution in [0.25, 0.3) is 0 Å². The second-order valence-electron chi connectivity index (χ2n) is 3.42. The van der Waals surface area contributed by atoms with Gasteiger partial charge in [-0.1, -0.05) is 0 Å². The highest BCUT2D eigenvalue weighted by Crippen LogP contribution is 2.25. The number of sulfonamides is 1. The predicted molar refractivity (Wildman–Crippen MR) is 69.1 cm³/mol. The van der Waals surface area contributed by atoms with Crippen molar-refractivity contribution in [2.75, 3.05) is 4.72 Å². The molecule has 0 aliphatic heterocycles. The molecule has 7 heteroatoms. The second-order valence-corrected chi connectivity index (χ2v) is 5.96. The first-order chi connectivity index (χ1) is 8.49. The molecule has 0 unspecified atom stereocenters. The molecule has 0 aliphatic rings. The second kappa shape index (κ2) is 5.03. The summed E-state index contributed by atoms with van der Waals surface area (Å²) in [4.78, 5) is 3.74. The van der Waals surface area contributed by atoms with Gasteiger partial charge in [-0.15, -0.1) is 0 Å². The summed E-state index contributed by atoms with van der Waals surface area (Å²) < 4.78 is 39.7. The molecule has 1 heterocycles. The van der Waals surface area contributed by atoms with Crippen molar-refractivity contribution in [1.29, 1.82) is 0 Å². The highest BCUT2D eigenvalue weighted by Gasteiger charge is 2.15. The monoisotopic (exact) mass is 330 g/mol. The number of halogens is 2. The van der Waals surface area contributed by atoms with Gasteiger partial charge in [-0.25, -0.2) is 12.8 Å². The van der Waals surface area contributed by atoms with Crippen LogP contribution in [-0.2, 0) is 10.0 Å². The first-order valence-corrected chi connectivity index (χ1v) is 7.14. The van der Waals surface area contributed by atoms with Crippen molar-refractivity contribution in [2.45, 2.75) is 4.90 Å². The number of nitrogens with zero attached hydrogens (tertiary/aromatic N) is 1. The van der Waals surface area contributed by atoms with E-state index in [4.69, 9.17) is 0 Å². The Labute approximate surface area is 112 Å². The summed E-state index contributed by atoms with van der Waals surface area (Å²) in [5.41, 5.74) is 0.138. The van der Waals surface area contributed by atoms with E-state index in [1.165, 1.54) is 36.7 Å². The number of nitrogens with one attached hydrogen (secondary N) is 1. The van der Waals surface area contributed by atoms with Crippen LogP contribution >= 0.6 is 15.9 Å². The van der Waals surface area contributed by atoms with Crippen molar-refractivity contribution in [3.63, 3.8) is 0 Å². The average molecular weight is 331 g/mol. The molecule has 94 valence electrons. The van der Waals surface area contributed by atoms with Gasteiger partial charge < -0.3 is 0 Å². The van der Waals surface area contributed by atoms with E-state index in [1.54, 1.807) is 0 Å². The Kier molecular flexibility index (Phi) is 3.63. The molecule has 18 heavy (non-hydrogen) atoms. The quantitative estimate of drug-likeness (QED) is 0.941. The maximum Gasteiger partial charge on any atom is 0.263 e. The number of benzene rings is 1. The molecule has 0 atom stereocenters. The molecule has 2 aromatic rings. The predicted octanol–water partition coefficient (Wildman–Crippen LogP) is 2.78. The van der Waals surface area contributed by atoms with Gasteiger partial charge in [0, 0.05) is 16.9 Å². The smallest absolute Gasteiger partial charge is 0.263 e. The van der Waals surface area contributed by atoms with Crippen LogP contribution in [0.1, 0.15) is 0 Å². The summed E-state index contributed by atoms with van der Waals surface area (Å²) >= 11 is 3.15. The van der Waals surface area contributed by atoms with Crippen molar-refractivity contribution in [3.05, 3.63) is 53.0 Å². The first kappa shape index (κ1) is 13.0. The van der Waals surface area contributed by atoms with E-state index in [9.17, 15) is 12.8 Å². The van der Waals surface area contributed by atoms with E-state index in [-0.39, 0.29) is 10.6 Å². The third-order valence-electron chi connectivity index (χ3n) is 2.12. The van der Waals surface area contributed by atoms with Gasteiger partial charge in [-0.05, 0) is 46.3 Å². The summed E-state index contributed by atoms with van der Waals surface area (Å²) in [6.45, 7) is 0. The van der Waals surface area contributed by atoms with Gasteiger partial charge in [-0.3, -0.25) is 9.71 Å². The standard InChI is InChI=1S/C11H8BrFN2O2S/c12-10-4-3-8(13)6-11(10)15-18(16,17)9-2-1-5-14-7-9/h1-7,15H. The summed E-state index contributed by atoms with van der Waals surface area (Å²) in [5.74, 6) is -0.526. The van der Waals surface area contributed by atoms with Crippen LogP contribution in [-0.4, -0.2) is 13.4 Å². The molecule has 0 radical (unpaired) electrons. The van der Waals surface area contributed by atoms with E-state index in [0.717, 1.165) is 6.07 Å². The van der Waals surface area contributed by atoms with Gasteiger partial charge in [0.05, 0.1) is 5.69 Å². The van der Waals surface area contributed by atoms with Crippen molar-refractivity contribution in [1.82, 2.24) is 4.98 Å². The zero-order valence-electron chi connectivity index (χ0n) is 8.97. The van der Waals surface area contributed by atoms with E-state index in [2.05, 4.69) is 25.6 Å². The number of anilines is 1. The Morgan fingerprint density at radius 2 is 2.06 bits per heavy atom. The van der Waals surface area contributed by atoms with Crippen LogP contribution in [0.3, 0.4) is 0 Å². The topological polar surface area (TPSA) is 59.1 Å². The number of hydrogen-bond donors (Lipinski definition) is 1. The van der Waals surface area contributed by atoms with Gasteiger partial charge in [0.2, 0.25) is 0 Å². The largest absolute Gasteiger partial charge is 0.278 e. The molecule has 0 aliphatic carbocycles. The molecule has 4 nitrogen and oxygen atoms in total. The van der Waals surface area contributed by atoms with Crippen molar-refractivity contribution < 1.29 is 12.8 Å². The first-order valence-electron chi connectivity index (χ1n) is 4.87. The van der Waals surface area contributed by atoms with Crippen LogP contribution in [0.4, 0.5) is 10.1 Å². The fourth-order valence-electron chi connectivity index (χ4n) is 1.29. The number of rotatable bonds is 3. The SMILES string of the molecule is O=S(=O)(Nc1cc(F)ccc1Br)c1cccnc1. The fraction of sp³-hybridized carbons (Fsp3) is 0. The zero-order chi connectivity index (χ0) is 13.2. The average Bonchev–Trinajstić information content (AvgIpc) is 2.35. The lowest BCUT2D eigenvalue weighted by Crippen LogP contribution is -2.13. The summed E-state index contributed by atoms with van der Waals surface area (Å²) in [6.07, 6.45) is 2.69. The van der Waals surface area contributed by atoms with Gasteiger partial charge in [0.15, 0.2) is 0 Å². The molecule has 0 spiro atoms. The number of aromatic nitrogens is 1. The molecule has 1 aromatic carbocycles. The Hall–Kier alpha value is -1.47. The van der Waals surface area contributed by atoms with Crippen LogP contribution in [0, 0.1) is 5.82 Å². The van der Waals surface area contributed by atoms with Gasteiger partial charge in [-0.2, -0.15) is 0 Å². The Morgan fingerprint density at radius 1 is 1.28 bits per heavy atom. The van der Waals surface area contributed by atoms with E-state index in [1.807, 2.05) is 0 Å². The molecule has 0 saturated heterocycles. The van der Waals surface area contributed by atoms with Crippen LogP contribution in [0.5, 0.6) is 0 Å². The molecular weight excluding hydrogens is 323 g/mol. The maximum absolute atomic E-state index is 13.1. The zero-order valence-corrected chi connectivity index (χ0v) is 11.4. The summed E-state index contributed by atoms with van der Waals surface area (Å²) in [6, 6.07) is 6.66. The van der Waals surface area contributed by atoms with E-state index >= 15 is 0 Å². The third-order valence-corrected chi connectivity index (χ3v) is 4.16. The van der Waals surface area contributed by atoms with Gasteiger partial charge in [0.1, 0.15) is 10.7 Å². The maximum atomic E-state index is 13.1. The number of pyridine rings is 1. The minimum absolute atomic E-state index is 0.0150. The molecule has 0 amide bonds. The Morgan fingerprint density at radius 3 is 2.72 bits per heavy atom. The highest BCUT2D eigenvalue weighted by molar-refractivity contribution is 9.10. The molecule has 0 fully saturated rings. The van der Waals surface area contributed by atoms with Crippen molar-refractivity contribution >= 4 is 31.6 Å². The molecular formula is C11H8BrFN2O2S. The summed E-state index contributed by atoms with van der Waals surface area (Å²) in [7, 11) is -3.76. The normalized spacial score (nSPS) is 11.2. The van der Waals surface area contributed by atoms with E-state index < -0.39 is 15.8 Å². The van der Waals surface area contributed by atoms with Gasteiger partial charge in [0.25, 0.3) is 10.0 Å². The van der Waals surface area contributed by atoms with E-state index in [0.29, 0.717) is 4.47 Å². The Balaban J connectivity index is 2.37. The Bertz CT molecular complexity index is 662. The lowest BCUT2D eigenvalue weighted by Gasteiger charge is -2.09. The molecule has 1 aromatic heterocycles. The molecule has 0 saturated carbocycles. The van der Waals surface area contributed by atoms with Crippen LogP contribution < -0.4 is 4.72 Å². The van der Waals surface area contributed by atoms with Crippen LogP contribution in [0.2, 0.25) is 0 Å². The minimum Gasteiger partial charge on any atom is -0.278 e. The molecule has 0 bridgehead atoms. The minimum atomic E-state index is -3.76. The molecule has 1 N–H and O–H groups in total. The molecule has 2 rings (SSSR count). The van der Waals surface area contributed by atoms with Crippen molar-refractivity contribution in [3.8, 4) is 0 Å². The van der Waals surface area contributed by atoms with Crippen molar-refractivity contribution in [2.24, 2.45) is 0 Å². The van der Waals surface area contributed by atoms with Gasteiger partial charge >= 0.3 is 0 Å². The van der Waals surface area contributed by atoms with Crippen LogP contribution in [0.15, 0.2) is 52.1 Å². The fourth-order valence-corrected chi connectivity index (χ4v) is 2.80. The lowest BCUT2D eigenvalue weighted by atomic mass is 10.3. The highest BCUT2D eigenvalue weighted by atomic mass is 79.9. The lowest BCUT2D eigenvalue weighted by molar-refractivity contribution is 0.600.